The number of rotatable bonds is 10. The summed E-state index contributed by atoms with van der Waals surface area (Å²) >= 11 is 12.5. The number of nitrogens with zero attached hydrogens (tertiary/aromatic N) is 2. The van der Waals surface area contributed by atoms with Gasteiger partial charge in [0, 0.05) is 10.0 Å². The molecular weight excluding hydrogens is 594 g/mol. The van der Waals surface area contributed by atoms with E-state index in [-0.39, 0.29) is 18.7 Å². The van der Waals surface area contributed by atoms with E-state index >= 15 is 0 Å². The summed E-state index contributed by atoms with van der Waals surface area (Å²) < 4.78 is 47.9. The smallest absolute Gasteiger partial charge is 0.306 e. The van der Waals surface area contributed by atoms with Gasteiger partial charge in [0.1, 0.15) is 18.0 Å². The molecule has 4 atom stereocenters. The van der Waals surface area contributed by atoms with Crippen molar-refractivity contribution < 1.29 is 32.2 Å². The van der Waals surface area contributed by atoms with Crippen LogP contribution in [0.5, 0.6) is 0 Å². The van der Waals surface area contributed by atoms with Crippen molar-refractivity contribution in [2.24, 2.45) is 0 Å². The minimum atomic E-state index is -4.00. The molecule has 1 fully saturated rings. The third kappa shape index (κ3) is 7.01. The lowest BCUT2D eigenvalue weighted by molar-refractivity contribution is -0.183. The number of carboxylic acid groups (broad SMARTS) is 1. The molecule has 8 nitrogen and oxygen atoms in total. The van der Waals surface area contributed by atoms with E-state index in [4.69, 9.17) is 27.9 Å². The molecule has 4 rings (SSSR count). The monoisotopic (exact) mass is 622 g/mol. The van der Waals surface area contributed by atoms with E-state index in [9.17, 15) is 27.5 Å². The quantitative estimate of drug-likeness (QED) is 0.304. The van der Waals surface area contributed by atoms with Gasteiger partial charge in [0.25, 0.3) is 5.91 Å². The maximum atomic E-state index is 14.9. The van der Waals surface area contributed by atoms with Gasteiger partial charge in [-0.1, -0.05) is 66.5 Å². The summed E-state index contributed by atoms with van der Waals surface area (Å²) in [7, 11) is -4.00. The summed E-state index contributed by atoms with van der Waals surface area (Å²) in [6.07, 6.45) is -1.62. The summed E-state index contributed by atoms with van der Waals surface area (Å²) in [5.74, 6) is -2.61. The molecule has 12 heteroatoms. The Bertz CT molecular complexity index is 1520. The van der Waals surface area contributed by atoms with Gasteiger partial charge in [-0.05, 0) is 53.9 Å². The molecule has 2 unspecified atom stereocenters. The largest absolute Gasteiger partial charge is 0.481 e. The lowest BCUT2D eigenvalue weighted by Crippen LogP contribution is -2.58. The Kier molecular flexibility index (Phi) is 9.59. The number of halogens is 3. The first-order chi connectivity index (χ1) is 19.4. The average molecular weight is 624 g/mol. The van der Waals surface area contributed by atoms with E-state index in [2.05, 4.69) is 0 Å². The number of benzene rings is 3. The molecule has 1 amide bonds. The fraction of sp³-hybridized carbons (Fsp3) is 0.310. The van der Waals surface area contributed by atoms with Crippen molar-refractivity contribution in [2.45, 2.75) is 44.1 Å². The molecule has 0 bridgehead atoms. The van der Waals surface area contributed by atoms with Crippen LogP contribution in [0.3, 0.4) is 0 Å². The van der Waals surface area contributed by atoms with Crippen LogP contribution in [0.15, 0.2) is 72.8 Å². The molecule has 0 aliphatic carbocycles. The summed E-state index contributed by atoms with van der Waals surface area (Å²) in [5, 5.41) is 10.5. The Morgan fingerprint density at radius 1 is 1.05 bits per heavy atom. The van der Waals surface area contributed by atoms with Crippen LogP contribution >= 0.6 is 23.2 Å². The molecule has 218 valence electrons. The van der Waals surface area contributed by atoms with E-state index in [0.29, 0.717) is 21.2 Å². The van der Waals surface area contributed by atoms with E-state index in [0.717, 1.165) is 16.6 Å². The fourth-order valence-corrected chi connectivity index (χ4v) is 6.34. The van der Waals surface area contributed by atoms with Crippen LogP contribution in [0, 0.1) is 5.82 Å². The molecule has 1 saturated heterocycles. The maximum Gasteiger partial charge on any atom is 0.306 e. The first-order valence-corrected chi connectivity index (χ1v) is 15.4. The number of carbonyl (C=O) groups excluding carboxylic acids is 1. The normalized spacial score (nSPS) is 20.1. The van der Waals surface area contributed by atoms with Gasteiger partial charge in [-0.25, -0.2) is 12.8 Å². The zero-order valence-corrected chi connectivity index (χ0v) is 24.6. The Balaban J connectivity index is 1.89. The second-order valence-electron chi connectivity index (χ2n) is 9.75. The number of amides is 1. The highest BCUT2D eigenvalue weighted by atomic mass is 35.5. The molecule has 0 radical (unpaired) electrons. The Hall–Kier alpha value is -3.18. The third-order valence-corrected chi connectivity index (χ3v) is 8.57. The van der Waals surface area contributed by atoms with Crippen LogP contribution < -0.4 is 4.31 Å². The first kappa shape index (κ1) is 30.8. The van der Waals surface area contributed by atoms with Crippen LogP contribution in [0.2, 0.25) is 10.0 Å². The van der Waals surface area contributed by atoms with Crippen molar-refractivity contribution in [3.8, 4) is 0 Å². The van der Waals surface area contributed by atoms with E-state index in [1.54, 1.807) is 55.5 Å². The van der Waals surface area contributed by atoms with Gasteiger partial charge >= 0.3 is 5.97 Å². The summed E-state index contributed by atoms with van der Waals surface area (Å²) in [5.41, 5.74) is 1.05. The van der Waals surface area contributed by atoms with Crippen molar-refractivity contribution in [2.75, 3.05) is 17.1 Å². The van der Waals surface area contributed by atoms with Crippen molar-refractivity contribution >= 4 is 50.8 Å². The highest BCUT2D eigenvalue weighted by Crippen LogP contribution is 2.45. The SMILES string of the molecule is CC[C@@H](CN(c1ccccc1F)S(C)(=O)=O)N1C(=O)[C@H](CC(=O)O)OC(c2cccc(Cl)c2)C1c1ccc(Cl)cc1. The number of carbonyl (C=O) groups is 2. The predicted octanol–water partition coefficient (Wildman–Crippen LogP) is 5.86. The lowest BCUT2D eigenvalue weighted by atomic mass is 9.89. The zero-order chi connectivity index (χ0) is 29.9. The fourth-order valence-electron chi connectivity index (χ4n) is 5.07. The minimum Gasteiger partial charge on any atom is -0.481 e. The van der Waals surface area contributed by atoms with Crippen LogP contribution in [0.25, 0.3) is 0 Å². The van der Waals surface area contributed by atoms with Gasteiger partial charge in [0.05, 0.1) is 37.0 Å². The topological polar surface area (TPSA) is 104 Å². The van der Waals surface area contributed by atoms with Gasteiger partial charge in [-0.3, -0.25) is 13.9 Å². The summed E-state index contributed by atoms with van der Waals surface area (Å²) in [6.45, 7) is 1.49. The number of hydrogen-bond acceptors (Lipinski definition) is 5. The van der Waals surface area contributed by atoms with Crippen molar-refractivity contribution in [3.63, 3.8) is 0 Å². The molecule has 0 aromatic heterocycles. The second kappa shape index (κ2) is 12.8. The Labute approximate surface area is 248 Å². The molecule has 1 aliphatic heterocycles. The number of hydrogen-bond donors (Lipinski definition) is 1. The van der Waals surface area contributed by atoms with Crippen molar-refractivity contribution in [3.05, 3.63) is 99.8 Å². The average Bonchev–Trinajstić information content (AvgIpc) is 2.91. The molecule has 3 aromatic carbocycles. The number of ether oxygens (including phenoxy) is 1. The van der Waals surface area contributed by atoms with Crippen molar-refractivity contribution in [1.29, 1.82) is 0 Å². The third-order valence-electron chi connectivity index (χ3n) is 6.94. The number of anilines is 1. The van der Waals surface area contributed by atoms with Crippen LogP contribution in [0.4, 0.5) is 10.1 Å². The van der Waals surface area contributed by atoms with Gasteiger partial charge in [-0.15, -0.1) is 0 Å². The minimum absolute atomic E-state index is 0.161. The van der Waals surface area contributed by atoms with E-state index in [1.807, 2.05) is 0 Å². The highest BCUT2D eigenvalue weighted by molar-refractivity contribution is 7.92. The predicted molar refractivity (Wildman–Crippen MR) is 155 cm³/mol. The second-order valence-corrected chi connectivity index (χ2v) is 12.5. The summed E-state index contributed by atoms with van der Waals surface area (Å²) in [6, 6.07) is 17.4. The van der Waals surface area contributed by atoms with Gasteiger partial charge in [-0.2, -0.15) is 0 Å². The molecule has 1 heterocycles. The molecule has 1 aliphatic rings. The molecule has 3 aromatic rings. The number of para-hydroxylation sites is 1. The first-order valence-electron chi connectivity index (χ1n) is 12.8. The lowest BCUT2D eigenvalue weighted by Gasteiger charge is -2.48. The van der Waals surface area contributed by atoms with Crippen LogP contribution in [0.1, 0.15) is 43.0 Å². The molecule has 0 saturated carbocycles. The Morgan fingerprint density at radius 3 is 2.32 bits per heavy atom. The number of carboxylic acids is 1. The van der Waals surface area contributed by atoms with Crippen LogP contribution in [-0.4, -0.2) is 55.2 Å². The molecule has 0 spiro atoms. The van der Waals surface area contributed by atoms with Gasteiger partial charge < -0.3 is 14.7 Å². The maximum absolute atomic E-state index is 14.9. The van der Waals surface area contributed by atoms with Crippen molar-refractivity contribution in [1.82, 2.24) is 4.90 Å². The summed E-state index contributed by atoms with van der Waals surface area (Å²) in [4.78, 5) is 27.3. The number of morpholine rings is 1. The van der Waals surface area contributed by atoms with Crippen LogP contribution in [-0.2, 0) is 24.3 Å². The van der Waals surface area contributed by atoms with Gasteiger partial charge in [0.15, 0.2) is 0 Å². The van der Waals surface area contributed by atoms with Gasteiger partial charge in [0.2, 0.25) is 10.0 Å². The standard InChI is InChI=1S/C29H29Cl2FN2O6S/c1-3-22(17-33(41(2,38)39)24-10-5-4-9-23(24)32)34-27(18-11-13-20(30)14-12-18)28(19-7-6-8-21(31)15-19)40-25(29(34)37)16-26(35)36/h4-15,22,25,27-28H,3,16-17H2,1-2H3,(H,35,36)/t22-,25-,27?,28?/m0/s1. The number of aliphatic carboxylic acids is 1. The molecule has 41 heavy (non-hydrogen) atoms. The zero-order valence-electron chi connectivity index (χ0n) is 22.3. The number of sulfonamides is 1. The van der Waals surface area contributed by atoms with E-state index in [1.165, 1.54) is 23.1 Å². The molecule has 1 N–H and O–H groups in total. The molecular formula is C29H29Cl2FN2O6S. The highest BCUT2D eigenvalue weighted by Gasteiger charge is 2.47. The van der Waals surface area contributed by atoms with E-state index < -0.39 is 58.4 Å². The Morgan fingerprint density at radius 2 is 1.73 bits per heavy atom.